The summed E-state index contributed by atoms with van der Waals surface area (Å²) in [5.41, 5.74) is 26.5. The van der Waals surface area contributed by atoms with Crippen molar-refractivity contribution in [2.75, 3.05) is 59.1 Å². The Kier molecular flexibility index (Phi) is 18.5. The molecule has 21 heteroatoms. The Morgan fingerprint density at radius 2 is 0.742 bits per heavy atom. The molecule has 6 aromatic carbocycles. The molecule has 3 aromatic heterocycles. The zero-order valence-corrected chi connectivity index (χ0v) is 55.1. The number of piperidine rings is 3. The smallest absolute Gasteiger partial charge is 0.289 e. The summed E-state index contributed by atoms with van der Waals surface area (Å²) in [7, 11) is 0. The van der Waals surface area contributed by atoms with Gasteiger partial charge in [0.25, 0.3) is 17.7 Å². The Morgan fingerprint density at radius 1 is 0.366 bits per heavy atom. The number of benzene rings is 6. The Labute approximate surface area is 568 Å². The van der Waals surface area contributed by atoms with Crippen LogP contribution < -0.4 is 31.4 Å². The second kappa shape index (κ2) is 26.8. The van der Waals surface area contributed by atoms with Gasteiger partial charge < -0.3 is 59.4 Å². The zero-order valence-electron chi connectivity index (χ0n) is 50.6. The number of furan rings is 3. The number of amides is 3. The molecule has 0 bridgehead atoms. The highest BCUT2D eigenvalue weighted by atomic mass is 35.5. The first-order chi connectivity index (χ1) is 45.0. The first-order valence-corrected chi connectivity index (χ1v) is 33.2. The van der Waals surface area contributed by atoms with Crippen LogP contribution in [0.5, 0.6) is 17.2 Å². The lowest BCUT2D eigenvalue weighted by Gasteiger charge is -2.38. The third kappa shape index (κ3) is 12.9. The molecule has 3 spiro atoms. The highest BCUT2D eigenvalue weighted by Crippen LogP contribution is 2.49. The first kappa shape index (κ1) is 64.3. The highest BCUT2D eigenvalue weighted by Gasteiger charge is 2.47. The van der Waals surface area contributed by atoms with Crippen molar-refractivity contribution in [3.8, 4) is 51.2 Å². The molecule has 6 N–H and O–H groups in total. The van der Waals surface area contributed by atoms with Crippen LogP contribution in [0.2, 0.25) is 30.1 Å². The van der Waals surface area contributed by atoms with E-state index < -0.39 is 0 Å². The summed E-state index contributed by atoms with van der Waals surface area (Å²) in [6.45, 7) is 7.35. The number of fused-ring (bicyclic) bond motifs is 6. The number of carbonyl (C=O) groups is 3. The molecule has 0 atom stereocenters. The number of nitrogens with zero attached hydrogens (tertiary/aromatic N) is 3. The molecular formula is C72H66Cl6N6O9. The van der Waals surface area contributed by atoms with Crippen LogP contribution in [-0.4, -0.2) is 91.5 Å². The number of carbonyl (C=O) groups excluding carboxylic acids is 3. The van der Waals surface area contributed by atoms with E-state index in [1.165, 1.54) is 16.7 Å². The summed E-state index contributed by atoms with van der Waals surface area (Å²) < 4.78 is 35.4. The number of rotatable bonds is 9. The van der Waals surface area contributed by atoms with E-state index in [9.17, 15) is 14.4 Å². The maximum Gasteiger partial charge on any atom is 0.289 e. The van der Waals surface area contributed by atoms with Crippen LogP contribution in [-0.2, 0) is 35.9 Å². The van der Waals surface area contributed by atoms with Gasteiger partial charge in [0.2, 0.25) is 0 Å². The Balaban J connectivity index is 0.000000127. The lowest BCUT2D eigenvalue weighted by Crippen LogP contribution is -2.46. The minimum atomic E-state index is -0.117. The van der Waals surface area contributed by atoms with Crippen molar-refractivity contribution in [1.82, 2.24) is 14.7 Å². The minimum absolute atomic E-state index is 0.0499. The maximum atomic E-state index is 13.1. The lowest BCUT2D eigenvalue weighted by atomic mass is 9.74. The van der Waals surface area contributed by atoms with E-state index in [2.05, 4.69) is 18.2 Å². The van der Waals surface area contributed by atoms with E-state index in [0.29, 0.717) is 155 Å². The Bertz CT molecular complexity index is 4310. The van der Waals surface area contributed by atoms with Crippen LogP contribution in [0, 0.1) is 0 Å². The number of likely N-dealkylation sites (tertiary alicyclic amines) is 3. The van der Waals surface area contributed by atoms with Crippen LogP contribution in [0.1, 0.15) is 104 Å². The largest absolute Gasteiger partial charge is 0.492 e. The van der Waals surface area contributed by atoms with Gasteiger partial charge in [0, 0.05) is 119 Å². The van der Waals surface area contributed by atoms with Gasteiger partial charge in [-0.3, -0.25) is 14.4 Å². The van der Waals surface area contributed by atoms with E-state index in [1.807, 2.05) is 57.2 Å². The highest BCUT2D eigenvalue weighted by molar-refractivity contribution is 6.42. The molecule has 15 rings (SSSR count). The molecule has 0 radical (unpaired) electrons. The van der Waals surface area contributed by atoms with Crippen molar-refractivity contribution in [2.45, 2.75) is 74.4 Å². The fraction of sp³-hybridized carbons (Fsp3) is 0.292. The molecule has 15 nitrogen and oxygen atoms in total. The quantitative estimate of drug-likeness (QED) is 0.123. The van der Waals surface area contributed by atoms with E-state index in [1.54, 1.807) is 84.9 Å². The fourth-order valence-corrected chi connectivity index (χ4v) is 14.7. The molecule has 3 amide bonds. The molecule has 6 aliphatic heterocycles. The molecule has 3 saturated heterocycles. The molecular weight excluding hydrogens is 1310 g/mol. The molecule has 9 aromatic rings. The van der Waals surface area contributed by atoms with Crippen molar-refractivity contribution in [3.05, 3.63) is 226 Å². The Morgan fingerprint density at radius 3 is 1.15 bits per heavy atom. The van der Waals surface area contributed by atoms with Crippen molar-refractivity contribution in [1.29, 1.82) is 0 Å². The third-order valence-electron chi connectivity index (χ3n) is 19.1. The summed E-state index contributed by atoms with van der Waals surface area (Å²) >= 11 is 36.7. The van der Waals surface area contributed by atoms with Gasteiger partial charge in [0.05, 0.1) is 39.9 Å². The molecule has 0 unspecified atom stereocenters. The van der Waals surface area contributed by atoms with E-state index in [4.69, 9.17) is 114 Å². The van der Waals surface area contributed by atoms with Crippen LogP contribution in [0.25, 0.3) is 34.0 Å². The predicted molar refractivity (Wildman–Crippen MR) is 362 cm³/mol. The molecule has 6 aliphatic rings. The van der Waals surface area contributed by atoms with Gasteiger partial charge in [-0.1, -0.05) is 106 Å². The van der Waals surface area contributed by atoms with Gasteiger partial charge in [-0.05, 0) is 164 Å². The van der Waals surface area contributed by atoms with Crippen molar-refractivity contribution < 1.29 is 41.8 Å². The number of nitrogens with two attached hydrogens (primary N) is 3. The minimum Gasteiger partial charge on any atom is -0.492 e. The topological polar surface area (TPSA) is 206 Å². The average molecular weight is 1370 g/mol. The van der Waals surface area contributed by atoms with Crippen LogP contribution in [0.4, 0.5) is 0 Å². The van der Waals surface area contributed by atoms with Crippen LogP contribution in [0.15, 0.2) is 159 Å². The molecule has 3 fully saturated rings. The zero-order chi connectivity index (χ0) is 64.8. The van der Waals surface area contributed by atoms with Crippen molar-refractivity contribution in [3.63, 3.8) is 0 Å². The van der Waals surface area contributed by atoms with Gasteiger partial charge in [-0.2, -0.15) is 0 Å². The number of hydrogen-bond donors (Lipinski definition) is 3. The predicted octanol–water partition coefficient (Wildman–Crippen LogP) is 15.8. The van der Waals surface area contributed by atoms with Gasteiger partial charge in [0.15, 0.2) is 17.3 Å². The summed E-state index contributed by atoms with van der Waals surface area (Å²) in [6, 6.07) is 44.6. The number of halogens is 6. The van der Waals surface area contributed by atoms with E-state index in [0.717, 1.165) is 78.0 Å². The van der Waals surface area contributed by atoms with Gasteiger partial charge in [0.1, 0.15) is 34.5 Å². The van der Waals surface area contributed by atoms with Crippen LogP contribution >= 0.6 is 69.6 Å². The monoisotopic (exact) mass is 1370 g/mol. The van der Waals surface area contributed by atoms with Gasteiger partial charge in [-0.25, -0.2) is 0 Å². The van der Waals surface area contributed by atoms with Gasteiger partial charge >= 0.3 is 0 Å². The number of ether oxygens (including phenoxy) is 3. The van der Waals surface area contributed by atoms with Crippen LogP contribution in [0.3, 0.4) is 0 Å². The van der Waals surface area contributed by atoms with Gasteiger partial charge in [-0.15, -0.1) is 0 Å². The normalized spacial score (nSPS) is 16.9. The molecule has 0 saturated carbocycles. The molecule has 93 heavy (non-hydrogen) atoms. The van der Waals surface area contributed by atoms with E-state index in [-0.39, 0.29) is 34.0 Å². The molecule has 0 aliphatic carbocycles. The Hall–Kier alpha value is -7.41. The SMILES string of the molecule is NCc1ccc2c(c1)C1(CCN(C(=O)c3ccc(-c4cc(Cl)ccc4Cl)o3)CC1)CO2.NCc1ccc2c(c1)C1(CCN(C(=O)c3ccc(-c4ccc(Cl)c(Cl)c4)o3)CC1)CO2.NCc1ccc2c(c1)C1(CCN(C(=O)c3ccc(-c4ccc(Cl)cc4Cl)o3)CC1)CO2. The fourth-order valence-electron chi connectivity index (χ4n) is 13.6. The summed E-state index contributed by atoms with van der Waals surface area (Å²) in [6.07, 6.45) is 5.06. The summed E-state index contributed by atoms with van der Waals surface area (Å²) in [4.78, 5) is 44.7. The average Bonchev–Trinajstić information content (AvgIpc) is 1.67. The lowest BCUT2D eigenvalue weighted by molar-refractivity contribution is 0.0610. The second-order valence-electron chi connectivity index (χ2n) is 24.6. The first-order valence-electron chi connectivity index (χ1n) is 30.9. The maximum absolute atomic E-state index is 13.1. The third-order valence-corrected chi connectivity index (χ3v) is 21.0. The number of hydrogen-bond acceptors (Lipinski definition) is 12. The van der Waals surface area contributed by atoms with E-state index >= 15 is 0 Å². The van der Waals surface area contributed by atoms with Crippen molar-refractivity contribution in [2.24, 2.45) is 17.2 Å². The standard InChI is InChI=1S/3C24H22Cl2N2O3/c25-16-2-3-19(26)17(12-16)20-5-6-22(31-20)23(29)28-9-7-24(8-10-28)14-30-21-4-1-15(13-27)11-18(21)24;25-18-3-2-16(12-19(18)26)20-5-6-22(31-20)23(29)28-9-7-24(8-10-28)14-30-21-4-1-15(13-27)11-17(21)24;25-16-2-3-17(19(26)12-16)20-5-6-22(31-20)23(29)28-9-7-24(8-10-28)14-30-21-4-1-15(13-27)11-18(21)24/h3*1-6,11-12H,7-10,13-14,27H2. The summed E-state index contributed by atoms with van der Waals surface area (Å²) in [5.74, 6) is 5.08. The second-order valence-corrected chi connectivity index (χ2v) is 27.1. The summed E-state index contributed by atoms with van der Waals surface area (Å²) in [5, 5.41) is 3.04. The molecule has 9 heterocycles. The molecule has 480 valence electrons. The van der Waals surface area contributed by atoms with Crippen molar-refractivity contribution >= 4 is 87.3 Å².